The summed E-state index contributed by atoms with van der Waals surface area (Å²) >= 11 is 1.64. The summed E-state index contributed by atoms with van der Waals surface area (Å²) in [5.74, 6) is 0.297. The Labute approximate surface area is 149 Å². The number of nitrogens with zero attached hydrogens (tertiary/aromatic N) is 1. The molecule has 0 aromatic heterocycles. The minimum atomic E-state index is -0.676. The molecule has 5 heteroatoms. The van der Waals surface area contributed by atoms with Gasteiger partial charge in [0.1, 0.15) is 11.0 Å². The third-order valence-electron chi connectivity index (χ3n) is 4.27. The lowest BCUT2D eigenvalue weighted by molar-refractivity contribution is -0.136. The van der Waals surface area contributed by atoms with Gasteiger partial charge in [-0.25, -0.2) is 0 Å². The molecule has 0 spiro atoms. The first-order valence-electron chi connectivity index (χ1n) is 8.84. The summed E-state index contributed by atoms with van der Waals surface area (Å²) in [6.07, 6.45) is 2.99. The van der Waals surface area contributed by atoms with Crippen LogP contribution in [0.1, 0.15) is 45.6 Å². The number of hydrogen-bond donors (Lipinski definition) is 1. The number of hydrogen-bond acceptors (Lipinski definition) is 4. The molecule has 1 aromatic rings. The number of carbonyl (C=O) groups is 1. The first-order chi connectivity index (χ1) is 11.5. The summed E-state index contributed by atoms with van der Waals surface area (Å²) in [7, 11) is 0. The number of para-hydroxylation sites is 1. The van der Waals surface area contributed by atoms with Crippen molar-refractivity contribution in [3.8, 4) is 5.75 Å². The van der Waals surface area contributed by atoms with Gasteiger partial charge in [0, 0.05) is 17.4 Å². The van der Waals surface area contributed by atoms with E-state index in [0.717, 1.165) is 38.2 Å². The summed E-state index contributed by atoms with van der Waals surface area (Å²) in [5, 5.41) is 9.41. The normalized spacial score (nSPS) is 17.8. The Bertz CT molecular complexity index is 527. The van der Waals surface area contributed by atoms with Crippen molar-refractivity contribution in [1.82, 2.24) is 4.90 Å². The molecule has 24 heavy (non-hydrogen) atoms. The zero-order valence-electron chi connectivity index (χ0n) is 14.9. The van der Waals surface area contributed by atoms with Crippen LogP contribution in [0.4, 0.5) is 0 Å². The largest absolute Gasteiger partial charge is 0.491 e. The summed E-state index contributed by atoms with van der Waals surface area (Å²) in [6.45, 7) is 8.98. The second-order valence-corrected chi connectivity index (χ2v) is 8.13. The standard InChI is InChI=1S/C19H29NO3S/c1-4-18(19(21)22)24-16-9-11-20(12-10-16)13-15-7-5-6-8-17(15)23-14(2)3/h5-8,14,16,18H,4,9-13H2,1-3H3,(H,21,22). The van der Waals surface area contributed by atoms with E-state index in [1.54, 1.807) is 11.8 Å². The van der Waals surface area contributed by atoms with E-state index >= 15 is 0 Å². The van der Waals surface area contributed by atoms with E-state index in [1.165, 1.54) is 5.56 Å². The first-order valence-corrected chi connectivity index (χ1v) is 9.79. The molecule has 1 aromatic carbocycles. The summed E-state index contributed by atoms with van der Waals surface area (Å²) in [5.41, 5.74) is 1.23. The zero-order chi connectivity index (χ0) is 17.5. The van der Waals surface area contributed by atoms with Crippen molar-refractivity contribution in [3.63, 3.8) is 0 Å². The maximum atomic E-state index is 11.2. The Hall–Kier alpha value is -1.20. The van der Waals surface area contributed by atoms with Crippen LogP contribution < -0.4 is 4.74 Å². The molecule has 1 atom stereocenters. The number of benzene rings is 1. The molecule has 134 valence electrons. The lowest BCUT2D eigenvalue weighted by Crippen LogP contribution is -2.35. The van der Waals surface area contributed by atoms with Crippen LogP contribution in [-0.2, 0) is 11.3 Å². The summed E-state index contributed by atoms with van der Waals surface area (Å²) in [6, 6.07) is 8.25. The third kappa shape index (κ3) is 5.71. The van der Waals surface area contributed by atoms with Gasteiger partial charge in [0.25, 0.3) is 0 Å². The van der Waals surface area contributed by atoms with E-state index < -0.39 is 5.97 Å². The van der Waals surface area contributed by atoms with Gasteiger partial charge < -0.3 is 9.84 Å². The van der Waals surface area contributed by atoms with Gasteiger partial charge in [0.05, 0.1) is 6.10 Å². The Morgan fingerprint density at radius 3 is 2.58 bits per heavy atom. The topological polar surface area (TPSA) is 49.8 Å². The van der Waals surface area contributed by atoms with E-state index in [0.29, 0.717) is 11.7 Å². The van der Waals surface area contributed by atoms with Crippen LogP contribution in [0.15, 0.2) is 24.3 Å². The molecular formula is C19H29NO3S. The van der Waals surface area contributed by atoms with Gasteiger partial charge in [-0.1, -0.05) is 25.1 Å². The highest BCUT2D eigenvalue weighted by molar-refractivity contribution is 8.01. The minimum Gasteiger partial charge on any atom is -0.491 e. The number of ether oxygens (including phenoxy) is 1. The quantitative estimate of drug-likeness (QED) is 0.766. The average Bonchev–Trinajstić information content (AvgIpc) is 2.55. The number of piperidine rings is 1. The number of thioether (sulfide) groups is 1. The van der Waals surface area contributed by atoms with Crippen molar-refractivity contribution >= 4 is 17.7 Å². The number of rotatable bonds is 8. The first kappa shape index (κ1) is 19.1. The molecule has 1 aliphatic heterocycles. The van der Waals surface area contributed by atoms with E-state index in [2.05, 4.69) is 17.0 Å². The van der Waals surface area contributed by atoms with Crippen LogP contribution >= 0.6 is 11.8 Å². The van der Waals surface area contributed by atoms with Gasteiger partial charge >= 0.3 is 5.97 Å². The average molecular weight is 352 g/mol. The van der Waals surface area contributed by atoms with Gasteiger partial charge in [-0.3, -0.25) is 9.69 Å². The molecule has 0 radical (unpaired) electrons. The highest BCUT2D eigenvalue weighted by Crippen LogP contribution is 2.30. The number of carboxylic acids is 1. The molecule has 1 aliphatic rings. The molecule has 0 saturated carbocycles. The molecule has 1 fully saturated rings. The highest BCUT2D eigenvalue weighted by atomic mass is 32.2. The van der Waals surface area contributed by atoms with Crippen molar-refractivity contribution in [1.29, 1.82) is 0 Å². The Morgan fingerprint density at radius 2 is 2.00 bits per heavy atom. The fourth-order valence-corrected chi connectivity index (χ4v) is 4.27. The number of aliphatic carboxylic acids is 1. The van der Waals surface area contributed by atoms with E-state index in [9.17, 15) is 9.90 Å². The molecule has 0 aliphatic carbocycles. The zero-order valence-corrected chi connectivity index (χ0v) is 15.7. The Morgan fingerprint density at radius 1 is 1.33 bits per heavy atom. The van der Waals surface area contributed by atoms with Crippen molar-refractivity contribution in [2.45, 2.75) is 63.2 Å². The SMILES string of the molecule is CCC(SC1CCN(Cc2ccccc2OC(C)C)CC1)C(=O)O. The predicted octanol–water partition coefficient (Wildman–Crippen LogP) is 4.03. The van der Waals surface area contributed by atoms with Crippen LogP contribution in [0.2, 0.25) is 0 Å². The molecule has 1 saturated heterocycles. The van der Waals surface area contributed by atoms with Gasteiger partial charge in [0.15, 0.2) is 0 Å². The predicted molar refractivity (Wildman–Crippen MR) is 99.8 cm³/mol. The van der Waals surface area contributed by atoms with E-state index in [4.69, 9.17) is 4.74 Å². The maximum Gasteiger partial charge on any atom is 0.316 e. The molecule has 4 nitrogen and oxygen atoms in total. The van der Waals surface area contributed by atoms with Crippen molar-refractivity contribution in [3.05, 3.63) is 29.8 Å². The van der Waals surface area contributed by atoms with Crippen molar-refractivity contribution in [2.75, 3.05) is 13.1 Å². The lowest BCUT2D eigenvalue weighted by Gasteiger charge is -2.33. The molecule has 1 N–H and O–H groups in total. The van der Waals surface area contributed by atoms with Crippen LogP contribution in [0.5, 0.6) is 5.75 Å². The van der Waals surface area contributed by atoms with Crippen molar-refractivity contribution < 1.29 is 14.6 Å². The van der Waals surface area contributed by atoms with Crippen LogP contribution in [-0.4, -0.2) is 45.7 Å². The van der Waals surface area contributed by atoms with Gasteiger partial charge in [-0.15, -0.1) is 11.8 Å². The Balaban J connectivity index is 1.86. The lowest BCUT2D eigenvalue weighted by atomic mass is 10.1. The fraction of sp³-hybridized carbons (Fsp3) is 0.632. The second-order valence-electron chi connectivity index (χ2n) is 6.62. The Kier molecular flexibility index (Phi) is 7.43. The van der Waals surface area contributed by atoms with Gasteiger partial charge in [0.2, 0.25) is 0 Å². The monoisotopic (exact) mass is 351 g/mol. The van der Waals surface area contributed by atoms with Gasteiger partial charge in [-0.05, 0) is 52.3 Å². The summed E-state index contributed by atoms with van der Waals surface area (Å²) in [4.78, 5) is 13.6. The molecule has 0 bridgehead atoms. The maximum absolute atomic E-state index is 11.2. The van der Waals surface area contributed by atoms with Gasteiger partial charge in [-0.2, -0.15) is 0 Å². The molecule has 0 amide bonds. The molecular weight excluding hydrogens is 322 g/mol. The highest BCUT2D eigenvalue weighted by Gasteiger charge is 2.25. The van der Waals surface area contributed by atoms with Crippen LogP contribution in [0, 0.1) is 0 Å². The summed E-state index contributed by atoms with van der Waals surface area (Å²) < 4.78 is 5.91. The minimum absolute atomic E-state index is 0.176. The van der Waals surface area contributed by atoms with Crippen LogP contribution in [0.3, 0.4) is 0 Å². The molecule has 2 rings (SSSR count). The third-order valence-corrected chi connectivity index (χ3v) is 5.99. The number of carboxylic acid groups (broad SMARTS) is 1. The second kappa shape index (κ2) is 9.33. The van der Waals surface area contributed by atoms with Crippen molar-refractivity contribution in [2.24, 2.45) is 0 Å². The van der Waals surface area contributed by atoms with Crippen LogP contribution in [0.25, 0.3) is 0 Å². The fourth-order valence-electron chi connectivity index (χ4n) is 3.01. The molecule has 1 heterocycles. The van der Waals surface area contributed by atoms with E-state index in [-0.39, 0.29) is 11.4 Å². The van der Waals surface area contributed by atoms with E-state index in [1.807, 2.05) is 32.9 Å². The number of likely N-dealkylation sites (tertiary alicyclic amines) is 1. The smallest absolute Gasteiger partial charge is 0.316 e. The molecule has 1 unspecified atom stereocenters.